The average Bonchev–Trinajstić information content (AvgIpc) is 2.67. The standard InChI is InChI=1S/C20H25ClN4O3/c1-4-23-17(26)20(18(27)24(5-2)19(23)28)11-13-14(21)7-6-8-15(13)25-10-9-22(3)12-16(20)25/h6-8,16H,4-5,9-12H2,1-3H3. The molecule has 28 heavy (non-hydrogen) atoms. The first-order valence-electron chi connectivity index (χ1n) is 9.77. The van der Waals surface area contributed by atoms with E-state index in [0.29, 0.717) is 18.1 Å². The van der Waals surface area contributed by atoms with Gasteiger partial charge in [-0.2, -0.15) is 0 Å². The summed E-state index contributed by atoms with van der Waals surface area (Å²) in [7, 11) is 2.00. The Balaban J connectivity index is 1.94. The lowest BCUT2D eigenvalue weighted by atomic mass is 9.67. The quantitative estimate of drug-likeness (QED) is 0.704. The van der Waals surface area contributed by atoms with Gasteiger partial charge in [-0.1, -0.05) is 17.7 Å². The Morgan fingerprint density at radius 2 is 1.71 bits per heavy atom. The molecule has 0 aliphatic carbocycles. The summed E-state index contributed by atoms with van der Waals surface area (Å²) in [6.45, 7) is 6.11. The number of urea groups is 1. The smallest absolute Gasteiger partial charge is 0.333 e. The molecular formula is C20H25ClN4O3. The van der Waals surface area contributed by atoms with Crippen LogP contribution in [-0.4, -0.2) is 78.4 Å². The van der Waals surface area contributed by atoms with Crippen LogP contribution < -0.4 is 4.90 Å². The summed E-state index contributed by atoms with van der Waals surface area (Å²) in [5.74, 6) is -0.795. The molecule has 8 heteroatoms. The number of halogens is 1. The lowest BCUT2D eigenvalue weighted by molar-refractivity contribution is -0.161. The van der Waals surface area contributed by atoms with Crippen LogP contribution in [0.5, 0.6) is 0 Å². The maximum Gasteiger partial charge on any atom is 0.333 e. The molecule has 3 heterocycles. The molecule has 1 unspecified atom stereocenters. The van der Waals surface area contributed by atoms with Gasteiger partial charge in [0.05, 0.1) is 6.04 Å². The molecule has 1 aromatic carbocycles. The van der Waals surface area contributed by atoms with Crippen LogP contribution in [0.1, 0.15) is 19.4 Å². The molecule has 3 aliphatic rings. The third-order valence-electron chi connectivity index (χ3n) is 6.36. The molecule has 2 saturated heterocycles. The van der Waals surface area contributed by atoms with E-state index in [1.54, 1.807) is 19.9 Å². The molecule has 4 amide bonds. The molecule has 1 aromatic rings. The Morgan fingerprint density at radius 1 is 1.07 bits per heavy atom. The Labute approximate surface area is 169 Å². The maximum atomic E-state index is 13.7. The number of hydrogen-bond acceptors (Lipinski definition) is 5. The van der Waals surface area contributed by atoms with Gasteiger partial charge in [-0.3, -0.25) is 19.4 Å². The van der Waals surface area contributed by atoms with Crippen molar-refractivity contribution in [3.63, 3.8) is 0 Å². The van der Waals surface area contributed by atoms with Crippen LogP contribution in [0, 0.1) is 5.41 Å². The summed E-state index contributed by atoms with van der Waals surface area (Å²) in [4.78, 5) is 46.8. The number of hydrogen-bond donors (Lipinski definition) is 0. The first-order valence-corrected chi connectivity index (χ1v) is 10.1. The summed E-state index contributed by atoms with van der Waals surface area (Å²) < 4.78 is 0. The van der Waals surface area contributed by atoms with Gasteiger partial charge in [0.2, 0.25) is 11.8 Å². The monoisotopic (exact) mass is 404 g/mol. The Morgan fingerprint density at radius 3 is 2.32 bits per heavy atom. The van der Waals surface area contributed by atoms with Crippen LogP contribution in [0.3, 0.4) is 0 Å². The van der Waals surface area contributed by atoms with Gasteiger partial charge in [0.25, 0.3) is 0 Å². The van der Waals surface area contributed by atoms with Crippen molar-refractivity contribution >= 4 is 35.1 Å². The van der Waals surface area contributed by atoms with E-state index in [1.165, 1.54) is 9.80 Å². The van der Waals surface area contributed by atoms with Crippen molar-refractivity contribution in [3.8, 4) is 0 Å². The highest BCUT2D eigenvalue weighted by Crippen LogP contribution is 2.48. The van der Waals surface area contributed by atoms with Crippen molar-refractivity contribution in [2.75, 3.05) is 44.7 Å². The molecule has 0 radical (unpaired) electrons. The minimum absolute atomic E-state index is 0.217. The van der Waals surface area contributed by atoms with Crippen molar-refractivity contribution < 1.29 is 14.4 Å². The van der Waals surface area contributed by atoms with E-state index in [-0.39, 0.29) is 25.6 Å². The third-order valence-corrected chi connectivity index (χ3v) is 6.71. The second kappa shape index (κ2) is 6.74. The number of imide groups is 2. The fourth-order valence-electron chi connectivity index (χ4n) is 4.90. The minimum Gasteiger partial charge on any atom is -0.364 e. The molecule has 3 aliphatic heterocycles. The largest absolute Gasteiger partial charge is 0.364 e. The van der Waals surface area contributed by atoms with E-state index < -0.39 is 23.3 Å². The van der Waals surface area contributed by atoms with Crippen LogP contribution in [0.15, 0.2) is 18.2 Å². The number of fused-ring (bicyclic) bond motifs is 4. The van der Waals surface area contributed by atoms with Crippen molar-refractivity contribution in [2.24, 2.45) is 5.41 Å². The average molecular weight is 405 g/mol. The number of amides is 4. The predicted octanol–water partition coefficient (Wildman–Crippen LogP) is 1.83. The molecule has 0 N–H and O–H groups in total. The van der Waals surface area contributed by atoms with Crippen LogP contribution >= 0.6 is 11.6 Å². The van der Waals surface area contributed by atoms with Gasteiger partial charge in [-0.25, -0.2) is 4.79 Å². The molecule has 4 rings (SSSR count). The lowest BCUT2D eigenvalue weighted by Crippen LogP contribution is -2.75. The van der Waals surface area contributed by atoms with E-state index in [9.17, 15) is 14.4 Å². The van der Waals surface area contributed by atoms with Crippen molar-refractivity contribution in [3.05, 3.63) is 28.8 Å². The molecule has 2 fully saturated rings. The SMILES string of the molecule is CCN1C(=O)N(CC)C(=O)C2(Cc3c(Cl)cccc3N3CCN(C)CC32)C1=O. The highest BCUT2D eigenvalue weighted by Gasteiger charge is 2.64. The second-order valence-electron chi connectivity index (χ2n) is 7.74. The molecule has 0 saturated carbocycles. The molecule has 0 bridgehead atoms. The normalized spacial score (nSPS) is 24.6. The summed E-state index contributed by atoms with van der Waals surface area (Å²) >= 11 is 6.52. The van der Waals surface area contributed by atoms with E-state index >= 15 is 0 Å². The van der Waals surface area contributed by atoms with Crippen LogP contribution in [-0.2, 0) is 16.0 Å². The van der Waals surface area contributed by atoms with Gasteiger partial charge in [0.15, 0.2) is 5.41 Å². The summed E-state index contributed by atoms with van der Waals surface area (Å²) in [6.07, 6.45) is 0.217. The Hall–Kier alpha value is -2.12. The van der Waals surface area contributed by atoms with E-state index in [0.717, 1.165) is 17.8 Å². The number of piperazine rings is 1. The van der Waals surface area contributed by atoms with E-state index in [2.05, 4.69) is 9.80 Å². The van der Waals surface area contributed by atoms with Gasteiger partial charge in [0.1, 0.15) is 0 Å². The zero-order valence-corrected chi connectivity index (χ0v) is 17.2. The van der Waals surface area contributed by atoms with Gasteiger partial charge < -0.3 is 9.80 Å². The van der Waals surface area contributed by atoms with Gasteiger partial charge >= 0.3 is 6.03 Å². The highest BCUT2D eigenvalue weighted by molar-refractivity contribution is 6.32. The van der Waals surface area contributed by atoms with E-state index in [1.807, 2.05) is 19.2 Å². The Bertz CT molecular complexity index is 832. The first-order chi connectivity index (χ1) is 13.4. The third kappa shape index (κ3) is 2.42. The van der Waals surface area contributed by atoms with Crippen LogP contribution in [0.2, 0.25) is 5.02 Å². The topological polar surface area (TPSA) is 64.2 Å². The predicted molar refractivity (Wildman–Crippen MR) is 106 cm³/mol. The number of benzene rings is 1. The zero-order valence-electron chi connectivity index (χ0n) is 16.4. The molecular weight excluding hydrogens is 380 g/mol. The summed E-state index contributed by atoms with van der Waals surface area (Å²) in [6, 6.07) is 4.84. The fourth-order valence-corrected chi connectivity index (χ4v) is 5.14. The van der Waals surface area contributed by atoms with Crippen LogP contribution in [0.4, 0.5) is 10.5 Å². The van der Waals surface area contributed by atoms with Gasteiger partial charge in [-0.15, -0.1) is 0 Å². The van der Waals surface area contributed by atoms with Crippen molar-refractivity contribution in [2.45, 2.75) is 26.3 Å². The summed E-state index contributed by atoms with van der Waals surface area (Å²) in [5.41, 5.74) is 0.458. The zero-order chi connectivity index (χ0) is 20.2. The molecule has 1 spiro atoms. The molecule has 0 aromatic heterocycles. The number of carbonyl (C=O) groups is 3. The molecule has 150 valence electrons. The van der Waals surface area contributed by atoms with Gasteiger partial charge in [0, 0.05) is 49.9 Å². The fraction of sp³-hybridized carbons (Fsp3) is 0.550. The second-order valence-corrected chi connectivity index (χ2v) is 8.15. The number of likely N-dealkylation sites (N-methyl/N-ethyl adjacent to an activating group) is 1. The first kappa shape index (κ1) is 19.2. The number of rotatable bonds is 2. The lowest BCUT2D eigenvalue weighted by Gasteiger charge is -2.56. The van der Waals surface area contributed by atoms with Crippen LogP contribution in [0.25, 0.3) is 0 Å². The summed E-state index contributed by atoms with van der Waals surface area (Å²) in [5, 5.41) is 0.554. The number of anilines is 1. The minimum atomic E-state index is -1.34. The molecule has 1 atom stereocenters. The molecule has 7 nitrogen and oxygen atoms in total. The Kier molecular flexibility index (Phi) is 4.62. The number of nitrogens with zero attached hydrogens (tertiary/aromatic N) is 4. The van der Waals surface area contributed by atoms with E-state index in [4.69, 9.17) is 11.6 Å². The van der Waals surface area contributed by atoms with Crippen molar-refractivity contribution in [1.29, 1.82) is 0 Å². The number of barbiturate groups is 1. The van der Waals surface area contributed by atoms with Gasteiger partial charge in [-0.05, 0) is 38.6 Å². The maximum absolute atomic E-state index is 13.7. The van der Waals surface area contributed by atoms with Crippen molar-refractivity contribution in [1.82, 2.24) is 14.7 Å². The number of carbonyl (C=O) groups excluding carboxylic acids is 3. The highest BCUT2D eigenvalue weighted by atomic mass is 35.5.